The highest BCUT2D eigenvalue weighted by Crippen LogP contribution is 2.34. The minimum absolute atomic E-state index is 0.0468. The summed E-state index contributed by atoms with van der Waals surface area (Å²) in [5.41, 5.74) is 0.242. The number of benzene rings is 1. The summed E-state index contributed by atoms with van der Waals surface area (Å²) in [7, 11) is 0. The Kier molecular flexibility index (Phi) is 6.65. The van der Waals surface area contributed by atoms with Crippen LogP contribution >= 0.6 is 24.0 Å². The van der Waals surface area contributed by atoms with Crippen LogP contribution in [0.4, 0.5) is 5.69 Å². The number of esters is 1. The monoisotopic (exact) mass is 380 g/mol. The lowest BCUT2D eigenvalue weighted by molar-refractivity contribution is -0.385. The van der Waals surface area contributed by atoms with Crippen molar-refractivity contribution in [3.63, 3.8) is 0 Å². The Morgan fingerprint density at radius 3 is 2.84 bits per heavy atom. The molecule has 0 unspecified atom stereocenters. The van der Waals surface area contributed by atoms with Gasteiger partial charge in [0.15, 0.2) is 0 Å². The van der Waals surface area contributed by atoms with Crippen LogP contribution in [-0.2, 0) is 14.3 Å². The van der Waals surface area contributed by atoms with E-state index in [9.17, 15) is 19.7 Å². The Bertz CT molecular complexity index is 748. The van der Waals surface area contributed by atoms with Crippen molar-refractivity contribution in [2.24, 2.45) is 0 Å². The van der Waals surface area contributed by atoms with Crippen LogP contribution in [0.25, 0.3) is 6.08 Å². The zero-order valence-electron chi connectivity index (χ0n) is 13.5. The molecule has 25 heavy (non-hydrogen) atoms. The lowest BCUT2D eigenvalue weighted by atomic mass is 10.1. The van der Waals surface area contributed by atoms with Gasteiger partial charge in [0.2, 0.25) is 0 Å². The molecule has 0 N–H and O–H groups in total. The summed E-state index contributed by atoms with van der Waals surface area (Å²) < 4.78 is 5.29. The number of hydrogen-bond donors (Lipinski definition) is 0. The Morgan fingerprint density at radius 2 is 2.16 bits per heavy atom. The second kappa shape index (κ2) is 8.72. The van der Waals surface area contributed by atoms with Crippen LogP contribution in [0, 0.1) is 10.1 Å². The van der Waals surface area contributed by atoms with E-state index in [4.69, 9.17) is 17.0 Å². The Morgan fingerprint density at radius 1 is 1.44 bits per heavy atom. The molecule has 0 bridgehead atoms. The van der Waals surface area contributed by atoms with Crippen molar-refractivity contribution >= 4 is 51.9 Å². The van der Waals surface area contributed by atoms with Crippen LogP contribution in [0.3, 0.4) is 0 Å². The number of hydrogen-bond acceptors (Lipinski definition) is 7. The van der Waals surface area contributed by atoms with Crippen LogP contribution in [0.5, 0.6) is 0 Å². The zero-order valence-corrected chi connectivity index (χ0v) is 15.1. The largest absolute Gasteiger partial charge is 0.466 e. The maximum absolute atomic E-state index is 12.5. The predicted octanol–water partition coefficient (Wildman–Crippen LogP) is 3.14. The molecule has 0 radical (unpaired) electrons. The summed E-state index contributed by atoms with van der Waals surface area (Å²) in [5, 5.41) is 11.1. The van der Waals surface area contributed by atoms with Crippen molar-refractivity contribution in [2.45, 2.75) is 19.8 Å². The van der Waals surface area contributed by atoms with E-state index < -0.39 is 10.9 Å². The molecule has 1 aromatic rings. The first kappa shape index (κ1) is 19.1. The minimum Gasteiger partial charge on any atom is -0.466 e. The third-order valence-electron chi connectivity index (χ3n) is 3.30. The van der Waals surface area contributed by atoms with Gasteiger partial charge >= 0.3 is 5.97 Å². The number of thioether (sulfide) groups is 1. The van der Waals surface area contributed by atoms with Crippen molar-refractivity contribution in [3.05, 3.63) is 44.8 Å². The molecule has 1 fully saturated rings. The van der Waals surface area contributed by atoms with Crippen LogP contribution in [0.15, 0.2) is 29.2 Å². The van der Waals surface area contributed by atoms with Gasteiger partial charge in [0.05, 0.1) is 28.4 Å². The Hall–Kier alpha value is -2.26. The van der Waals surface area contributed by atoms with Crippen LogP contribution in [0.2, 0.25) is 0 Å². The highest BCUT2D eigenvalue weighted by Gasteiger charge is 2.32. The van der Waals surface area contributed by atoms with Gasteiger partial charge in [0.1, 0.15) is 4.32 Å². The SMILES string of the molecule is CCCOC(=O)CCN1C(=O)/C(=C/c2ccccc2[N+](=O)[O-])SC1=S. The van der Waals surface area contributed by atoms with Gasteiger partial charge < -0.3 is 4.74 Å². The highest BCUT2D eigenvalue weighted by atomic mass is 32.2. The molecule has 7 nitrogen and oxygen atoms in total. The zero-order chi connectivity index (χ0) is 18.4. The number of thiocarbonyl (C=S) groups is 1. The number of nitro groups is 1. The molecule has 0 saturated carbocycles. The summed E-state index contributed by atoms with van der Waals surface area (Å²) in [4.78, 5) is 36.2. The third-order valence-corrected chi connectivity index (χ3v) is 4.68. The fourth-order valence-electron chi connectivity index (χ4n) is 2.10. The normalized spacial score (nSPS) is 15.7. The number of carbonyl (C=O) groups is 2. The highest BCUT2D eigenvalue weighted by molar-refractivity contribution is 8.26. The molecule has 9 heteroatoms. The molecule has 0 aromatic heterocycles. The van der Waals surface area contributed by atoms with E-state index in [-0.39, 0.29) is 24.6 Å². The fourth-order valence-corrected chi connectivity index (χ4v) is 3.40. The first-order valence-electron chi connectivity index (χ1n) is 7.58. The molecule has 1 amide bonds. The Balaban J connectivity index is 2.11. The maximum Gasteiger partial charge on any atom is 0.307 e. The van der Waals surface area contributed by atoms with Crippen molar-refractivity contribution in [2.75, 3.05) is 13.2 Å². The van der Waals surface area contributed by atoms with Crippen LogP contribution < -0.4 is 0 Å². The van der Waals surface area contributed by atoms with Crippen LogP contribution in [0.1, 0.15) is 25.3 Å². The molecule has 1 aliphatic rings. The number of amides is 1. The number of para-hydroxylation sites is 1. The van der Waals surface area contributed by atoms with E-state index in [2.05, 4.69) is 0 Å². The average molecular weight is 380 g/mol. The standard InChI is InChI=1S/C16H16N2O5S2/c1-2-9-23-14(19)7-8-17-15(20)13(25-16(17)24)10-11-5-3-4-6-12(11)18(21)22/h3-6,10H,2,7-9H2,1H3/b13-10-. The molecule has 132 valence electrons. The van der Waals surface area contributed by atoms with E-state index in [1.165, 1.54) is 17.0 Å². The fraction of sp³-hybridized carbons (Fsp3) is 0.312. The molecule has 1 aliphatic heterocycles. The van der Waals surface area contributed by atoms with E-state index in [1.54, 1.807) is 18.2 Å². The van der Waals surface area contributed by atoms with Crippen molar-refractivity contribution in [1.82, 2.24) is 4.90 Å². The van der Waals surface area contributed by atoms with Gasteiger partial charge in [-0.1, -0.05) is 43.0 Å². The molecular formula is C16H16N2O5S2. The summed E-state index contributed by atoms with van der Waals surface area (Å²) in [5.74, 6) is -0.755. The third kappa shape index (κ3) is 4.86. The van der Waals surface area contributed by atoms with E-state index in [0.717, 1.165) is 18.2 Å². The van der Waals surface area contributed by atoms with Gasteiger partial charge in [-0.3, -0.25) is 24.6 Å². The number of carbonyl (C=O) groups excluding carboxylic acids is 2. The van der Waals surface area contributed by atoms with E-state index >= 15 is 0 Å². The topological polar surface area (TPSA) is 89.8 Å². The number of nitrogens with zero attached hydrogens (tertiary/aromatic N) is 2. The molecule has 1 saturated heterocycles. The first-order chi connectivity index (χ1) is 11.9. The molecule has 0 atom stereocenters. The quantitative estimate of drug-likeness (QED) is 0.236. The molecule has 1 aromatic carbocycles. The smallest absolute Gasteiger partial charge is 0.307 e. The summed E-state index contributed by atoms with van der Waals surface area (Å²) in [6.07, 6.45) is 2.23. The summed E-state index contributed by atoms with van der Waals surface area (Å²) in [6.45, 7) is 2.36. The van der Waals surface area contributed by atoms with Gasteiger partial charge in [0.25, 0.3) is 11.6 Å². The van der Waals surface area contributed by atoms with Gasteiger partial charge in [-0.25, -0.2) is 0 Å². The summed E-state index contributed by atoms with van der Waals surface area (Å²) in [6, 6.07) is 6.15. The van der Waals surface area contributed by atoms with E-state index in [0.29, 0.717) is 21.4 Å². The van der Waals surface area contributed by atoms with Gasteiger partial charge in [0, 0.05) is 12.6 Å². The lowest BCUT2D eigenvalue weighted by Crippen LogP contribution is -2.30. The number of ether oxygens (including phenoxy) is 1. The van der Waals surface area contributed by atoms with Crippen molar-refractivity contribution < 1.29 is 19.2 Å². The van der Waals surface area contributed by atoms with E-state index in [1.807, 2.05) is 6.92 Å². The summed E-state index contributed by atoms with van der Waals surface area (Å²) >= 11 is 6.24. The Labute approximate surface area is 154 Å². The molecule has 1 heterocycles. The van der Waals surface area contributed by atoms with Crippen molar-refractivity contribution in [1.29, 1.82) is 0 Å². The maximum atomic E-state index is 12.5. The average Bonchev–Trinajstić information content (AvgIpc) is 2.85. The van der Waals surface area contributed by atoms with Gasteiger partial charge in [-0.15, -0.1) is 0 Å². The lowest BCUT2D eigenvalue weighted by Gasteiger charge is -2.13. The molecule has 0 aliphatic carbocycles. The predicted molar refractivity (Wildman–Crippen MR) is 98.8 cm³/mol. The van der Waals surface area contributed by atoms with Gasteiger partial charge in [-0.2, -0.15) is 0 Å². The molecular weight excluding hydrogens is 364 g/mol. The second-order valence-electron chi connectivity index (χ2n) is 5.12. The molecule has 2 rings (SSSR count). The first-order valence-corrected chi connectivity index (χ1v) is 8.81. The van der Waals surface area contributed by atoms with Gasteiger partial charge in [-0.05, 0) is 18.6 Å². The molecule has 0 spiro atoms. The number of nitro benzene ring substituents is 1. The minimum atomic E-state index is -0.504. The van der Waals surface area contributed by atoms with Crippen LogP contribution in [-0.4, -0.2) is 39.2 Å². The second-order valence-corrected chi connectivity index (χ2v) is 6.80. The van der Waals surface area contributed by atoms with Crippen molar-refractivity contribution in [3.8, 4) is 0 Å². The number of rotatable bonds is 7.